The van der Waals surface area contributed by atoms with E-state index in [0.29, 0.717) is 29.4 Å². The van der Waals surface area contributed by atoms with Crippen molar-refractivity contribution in [1.82, 2.24) is 0 Å². The number of nitrogens with zero attached hydrogens (tertiary/aromatic N) is 2. The van der Waals surface area contributed by atoms with Gasteiger partial charge in [-0.25, -0.2) is 4.79 Å². The van der Waals surface area contributed by atoms with Crippen LogP contribution in [0.3, 0.4) is 0 Å². The molecule has 33 heavy (non-hydrogen) atoms. The molecule has 0 bridgehead atoms. The van der Waals surface area contributed by atoms with Crippen molar-refractivity contribution in [3.63, 3.8) is 0 Å². The van der Waals surface area contributed by atoms with Crippen LogP contribution in [0.15, 0.2) is 83.5 Å². The molecule has 8 nitrogen and oxygen atoms in total. The predicted molar refractivity (Wildman–Crippen MR) is 122 cm³/mol. The van der Waals surface area contributed by atoms with E-state index in [-0.39, 0.29) is 12.3 Å². The van der Waals surface area contributed by atoms with Crippen molar-refractivity contribution < 1.29 is 24.0 Å². The number of ether oxygens (including phenoxy) is 2. The predicted octanol–water partition coefficient (Wildman–Crippen LogP) is 4.92. The minimum Gasteiger partial charge on any atom is -0.490 e. The Bertz CT molecular complexity index is 1230. The van der Waals surface area contributed by atoms with Gasteiger partial charge in [-0.05, 0) is 48.4 Å². The van der Waals surface area contributed by atoms with Crippen LogP contribution in [0.25, 0.3) is 6.08 Å². The van der Waals surface area contributed by atoms with E-state index in [2.05, 4.69) is 5.16 Å². The lowest BCUT2D eigenvalue weighted by Crippen LogP contribution is -2.06. The lowest BCUT2D eigenvalue weighted by atomic mass is 10.0. The molecule has 0 saturated carbocycles. The molecular weight excluding hydrogens is 424 g/mol. The van der Waals surface area contributed by atoms with Gasteiger partial charge in [-0.1, -0.05) is 41.6 Å². The smallest absolute Gasteiger partial charge is 0.368 e. The maximum atomic E-state index is 12.3. The minimum atomic E-state index is -0.523. The van der Waals surface area contributed by atoms with Crippen LogP contribution >= 0.6 is 0 Å². The third-order valence-electron chi connectivity index (χ3n) is 4.86. The fourth-order valence-electron chi connectivity index (χ4n) is 3.26. The standard InChI is InChI=1S/C25H20N2O6/c1-2-31-23-15-18(14-21-24(26-33-25(21)28)19-6-4-3-5-7-19)10-13-22(23)32-16-17-8-11-20(12-9-17)27(29)30/h3-15H,2,16H2,1H3/b21-14-. The van der Waals surface area contributed by atoms with Gasteiger partial charge in [0.25, 0.3) is 5.69 Å². The molecule has 8 heteroatoms. The first-order valence-corrected chi connectivity index (χ1v) is 10.2. The van der Waals surface area contributed by atoms with Crippen LogP contribution in [0.2, 0.25) is 0 Å². The summed E-state index contributed by atoms with van der Waals surface area (Å²) >= 11 is 0. The third kappa shape index (κ3) is 5.07. The molecule has 1 aliphatic rings. The van der Waals surface area contributed by atoms with Gasteiger partial charge in [0.1, 0.15) is 12.3 Å². The van der Waals surface area contributed by atoms with Gasteiger partial charge in [-0.3, -0.25) is 10.1 Å². The summed E-state index contributed by atoms with van der Waals surface area (Å²) in [6.07, 6.45) is 1.70. The van der Waals surface area contributed by atoms with Crippen molar-refractivity contribution in [2.24, 2.45) is 5.16 Å². The molecule has 0 radical (unpaired) electrons. The van der Waals surface area contributed by atoms with E-state index in [4.69, 9.17) is 14.3 Å². The second-order valence-corrected chi connectivity index (χ2v) is 7.09. The molecule has 4 rings (SSSR count). The lowest BCUT2D eigenvalue weighted by Gasteiger charge is -2.13. The highest BCUT2D eigenvalue weighted by atomic mass is 16.7. The fourth-order valence-corrected chi connectivity index (χ4v) is 3.26. The van der Waals surface area contributed by atoms with Crippen LogP contribution in [0, 0.1) is 10.1 Å². The van der Waals surface area contributed by atoms with Crippen molar-refractivity contribution >= 4 is 23.4 Å². The Balaban J connectivity index is 1.56. The van der Waals surface area contributed by atoms with Crippen LogP contribution in [0.5, 0.6) is 11.5 Å². The number of hydrogen-bond donors (Lipinski definition) is 0. The van der Waals surface area contributed by atoms with Crippen LogP contribution in [0.1, 0.15) is 23.6 Å². The Morgan fingerprint density at radius 3 is 2.45 bits per heavy atom. The quantitative estimate of drug-likeness (QED) is 0.212. The van der Waals surface area contributed by atoms with E-state index < -0.39 is 10.9 Å². The molecule has 166 valence electrons. The minimum absolute atomic E-state index is 0.0231. The summed E-state index contributed by atoms with van der Waals surface area (Å²) in [4.78, 5) is 27.5. The van der Waals surface area contributed by atoms with E-state index in [1.54, 1.807) is 36.4 Å². The molecule has 0 aromatic heterocycles. The van der Waals surface area contributed by atoms with Gasteiger partial charge in [0.2, 0.25) is 0 Å². The molecule has 0 spiro atoms. The second kappa shape index (κ2) is 9.78. The monoisotopic (exact) mass is 444 g/mol. The molecule has 0 fully saturated rings. The average molecular weight is 444 g/mol. The number of oxime groups is 1. The molecule has 3 aromatic carbocycles. The topological polar surface area (TPSA) is 100 Å². The number of non-ortho nitro benzene ring substituents is 1. The fraction of sp³-hybridized carbons (Fsp3) is 0.120. The summed E-state index contributed by atoms with van der Waals surface area (Å²) in [7, 11) is 0. The Hall–Kier alpha value is -4.46. The van der Waals surface area contributed by atoms with Gasteiger partial charge in [0, 0.05) is 17.7 Å². The summed E-state index contributed by atoms with van der Waals surface area (Å²) in [5.41, 5.74) is 3.13. The zero-order valence-corrected chi connectivity index (χ0v) is 17.8. The molecule has 3 aromatic rings. The number of benzene rings is 3. The number of nitro benzene ring substituents is 1. The highest BCUT2D eigenvalue weighted by Crippen LogP contribution is 2.31. The van der Waals surface area contributed by atoms with E-state index >= 15 is 0 Å². The highest BCUT2D eigenvalue weighted by molar-refractivity contribution is 6.31. The first kappa shape index (κ1) is 21.8. The molecular formula is C25H20N2O6. The summed E-state index contributed by atoms with van der Waals surface area (Å²) in [5, 5.41) is 14.7. The number of carbonyl (C=O) groups is 1. The number of rotatable bonds is 8. The van der Waals surface area contributed by atoms with E-state index in [1.807, 2.05) is 37.3 Å². The van der Waals surface area contributed by atoms with Gasteiger partial charge in [0.15, 0.2) is 11.5 Å². The maximum absolute atomic E-state index is 12.3. The Kier molecular flexibility index (Phi) is 6.45. The second-order valence-electron chi connectivity index (χ2n) is 7.09. The van der Waals surface area contributed by atoms with Gasteiger partial charge in [-0.15, -0.1) is 0 Å². The van der Waals surface area contributed by atoms with Crippen LogP contribution < -0.4 is 9.47 Å². The lowest BCUT2D eigenvalue weighted by molar-refractivity contribution is -0.384. The average Bonchev–Trinajstić information content (AvgIpc) is 3.19. The number of carbonyl (C=O) groups excluding carboxylic acids is 1. The normalized spacial score (nSPS) is 14.0. The third-order valence-corrected chi connectivity index (χ3v) is 4.86. The summed E-state index contributed by atoms with van der Waals surface area (Å²) in [5.74, 6) is 0.506. The summed E-state index contributed by atoms with van der Waals surface area (Å²) in [6, 6.07) is 20.8. The Morgan fingerprint density at radius 1 is 1.00 bits per heavy atom. The molecule has 1 aliphatic heterocycles. The van der Waals surface area contributed by atoms with Crippen LogP contribution in [0.4, 0.5) is 5.69 Å². The highest BCUT2D eigenvalue weighted by Gasteiger charge is 2.26. The van der Waals surface area contributed by atoms with Crippen molar-refractivity contribution in [3.8, 4) is 11.5 Å². The van der Waals surface area contributed by atoms with Crippen molar-refractivity contribution in [2.45, 2.75) is 13.5 Å². The van der Waals surface area contributed by atoms with Gasteiger partial charge in [-0.2, -0.15) is 0 Å². The van der Waals surface area contributed by atoms with Crippen molar-refractivity contribution in [1.29, 1.82) is 0 Å². The van der Waals surface area contributed by atoms with Gasteiger partial charge < -0.3 is 14.3 Å². The molecule has 0 aliphatic carbocycles. The van der Waals surface area contributed by atoms with Crippen molar-refractivity contribution in [2.75, 3.05) is 6.61 Å². The summed E-state index contributed by atoms with van der Waals surface area (Å²) in [6.45, 7) is 2.50. The molecule has 0 unspecified atom stereocenters. The maximum Gasteiger partial charge on any atom is 0.368 e. The molecule has 0 amide bonds. The molecule has 1 heterocycles. The van der Waals surface area contributed by atoms with Crippen LogP contribution in [-0.4, -0.2) is 23.2 Å². The first-order valence-electron chi connectivity index (χ1n) is 10.2. The van der Waals surface area contributed by atoms with E-state index in [1.165, 1.54) is 12.1 Å². The Morgan fingerprint density at radius 2 is 1.76 bits per heavy atom. The SMILES string of the molecule is CCOc1cc(/C=C2\C(=O)ON=C2c2ccccc2)ccc1OCc1ccc([N+](=O)[O-])cc1. The zero-order valence-electron chi connectivity index (χ0n) is 17.8. The molecule has 0 N–H and O–H groups in total. The van der Waals surface area contributed by atoms with Crippen molar-refractivity contribution in [3.05, 3.63) is 105 Å². The van der Waals surface area contributed by atoms with Gasteiger partial charge >= 0.3 is 5.97 Å². The van der Waals surface area contributed by atoms with E-state index in [0.717, 1.165) is 16.7 Å². The molecule has 0 saturated heterocycles. The largest absolute Gasteiger partial charge is 0.490 e. The number of nitro groups is 1. The van der Waals surface area contributed by atoms with E-state index in [9.17, 15) is 14.9 Å². The van der Waals surface area contributed by atoms with Gasteiger partial charge in [0.05, 0.1) is 17.1 Å². The number of hydrogen-bond acceptors (Lipinski definition) is 7. The zero-order chi connectivity index (χ0) is 23.2. The first-order chi connectivity index (χ1) is 16.0. The Labute approximate surface area is 189 Å². The summed E-state index contributed by atoms with van der Waals surface area (Å²) < 4.78 is 11.6. The molecule has 0 atom stereocenters. The van der Waals surface area contributed by atoms with Crippen LogP contribution in [-0.2, 0) is 16.2 Å².